The topological polar surface area (TPSA) is 49.8 Å². The number of hydrogen-bond acceptors (Lipinski definition) is 3. The van der Waals surface area contributed by atoms with E-state index in [1.165, 1.54) is 0 Å². The number of carbonyl (C=O) groups is 1. The van der Waals surface area contributed by atoms with E-state index in [9.17, 15) is 4.79 Å². The summed E-state index contributed by atoms with van der Waals surface area (Å²) < 4.78 is 5.75. The molecule has 0 bridgehead atoms. The lowest BCUT2D eigenvalue weighted by molar-refractivity contribution is 0.0697. The SMILES string of the molecule is COCCN(C)c1ccc(C(=O)O)cc1Br. The number of nitrogens with zero attached hydrogens (tertiary/aromatic N) is 1. The molecular weight excluding hydrogens is 274 g/mol. The third-order valence-corrected chi connectivity index (χ3v) is 2.87. The summed E-state index contributed by atoms with van der Waals surface area (Å²) in [6.07, 6.45) is 0. The van der Waals surface area contributed by atoms with Crippen LogP contribution in [0.5, 0.6) is 0 Å². The molecule has 0 aliphatic rings. The summed E-state index contributed by atoms with van der Waals surface area (Å²) in [6, 6.07) is 4.97. The second-order valence-electron chi connectivity index (χ2n) is 3.39. The fourth-order valence-corrected chi connectivity index (χ4v) is 1.98. The minimum atomic E-state index is -0.924. The predicted molar refractivity (Wildman–Crippen MR) is 66.2 cm³/mol. The average molecular weight is 288 g/mol. The number of carboxylic acids is 1. The summed E-state index contributed by atoms with van der Waals surface area (Å²) in [5.74, 6) is -0.924. The number of benzene rings is 1. The number of likely N-dealkylation sites (N-methyl/N-ethyl adjacent to an activating group) is 1. The molecule has 1 aromatic rings. The molecule has 0 saturated heterocycles. The van der Waals surface area contributed by atoms with Crippen molar-refractivity contribution in [3.05, 3.63) is 28.2 Å². The summed E-state index contributed by atoms with van der Waals surface area (Å²) >= 11 is 3.36. The van der Waals surface area contributed by atoms with Crippen LogP contribution in [0, 0.1) is 0 Å². The maximum atomic E-state index is 10.8. The van der Waals surface area contributed by atoms with E-state index in [0.717, 1.165) is 16.7 Å². The number of rotatable bonds is 5. The van der Waals surface area contributed by atoms with Crippen LogP contribution in [-0.4, -0.2) is 38.4 Å². The molecule has 0 aliphatic heterocycles. The molecule has 0 atom stereocenters. The van der Waals surface area contributed by atoms with Crippen molar-refractivity contribution >= 4 is 27.6 Å². The maximum Gasteiger partial charge on any atom is 0.335 e. The first kappa shape index (κ1) is 13.0. The molecule has 88 valence electrons. The molecule has 0 saturated carbocycles. The van der Waals surface area contributed by atoms with Gasteiger partial charge in [0.2, 0.25) is 0 Å². The van der Waals surface area contributed by atoms with Crippen LogP contribution in [0.1, 0.15) is 10.4 Å². The highest BCUT2D eigenvalue weighted by Gasteiger charge is 2.09. The van der Waals surface area contributed by atoms with Gasteiger partial charge in [0.15, 0.2) is 0 Å². The highest BCUT2D eigenvalue weighted by molar-refractivity contribution is 9.10. The first-order valence-corrected chi connectivity index (χ1v) is 5.58. The lowest BCUT2D eigenvalue weighted by Crippen LogP contribution is -2.22. The van der Waals surface area contributed by atoms with Crippen molar-refractivity contribution in [2.75, 3.05) is 32.2 Å². The van der Waals surface area contributed by atoms with Crippen LogP contribution in [0.25, 0.3) is 0 Å². The lowest BCUT2D eigenvalue weighted by Gasteiger charge is -2.20. The van der Waals surface area contributed by atoms with Gasteiger partial charge in [0.1, 0.15) is 0 Å². The molecule has 1 aromatic carbocycles. The molecule has 0 spiro atoms. The molecule has 0 amide bonds. The summed E-state index contributed by atoms with van der Waals surface area (Å²) in [5, 5.41) is 8.83. The Morgan fingerprint density at radius 3 is 2.75 bits per heavy atom. The second kappa shape index (κ2) is 5.86. The Bertz CT molecular complexity index is 381. The zero-order chi connectivity index (χ0) is 12.1. The van der Waals surface area contributed by atoms with Crippen molar-refractivity contribution in [3.63, 3.8) is 0 Å². The molecule has 4 nitrogen and oxygen atoms in total. The molecular formula is C11H14BrNO3. The molecule has 5 heteroatoms. The summed E-state index contributed by atoms with van der Waals surface area (Å²) in [4.78, 5) is 12.8. The second-order valence-corrected chi connectivity index (χ2v) is 4.24. The molecule has 0 aliphatic carbocycles. The summed E-state index contributed by atoms with van der Waals surface area (Å²) in [6.45, 7) is 1.38. The van der Waals surface area contributed by atoms with E-state index in [2.05, 4.69) is 15.9 Å². The van der Waals surface area contributed by atoms with E-state index in [1.807, 2.05) is 11.9 Å². The standard InChI is InChI=1S/C11H14BrNO3/c1-13(5-6-16-2)10-4-3-8(11(14)15)7-9(10)12/h3-4,7H,5-6H2,1-2H3,(H,14,15). The predicted octanol–water partition coefficient (Wildman–Crippen LogP) is 2.23. The minimum Gasteiger partial charge on any atom is -0.478 e. The molecule has 1 rings (SSSR count). The highest BCUT2D eigenvalue weighted by Crippen LogP contribution is 2.26. The third-order valence-electron chi connectivity index (χ3n) is 2.24. The monoisotopic (exact) mass is 287 g/mol. The quantitative estimate of drug-likeness (QED) is 0.902. The summed E-state index contributed by atoms with van der Waals surface area (Å²) in [7, 11) is 3.58. The number of aromatic carboxylic acids is 1. The molecule has 0 aromatic heterocycles. The number of hydrogen-bond donors (Lipinski definition) is 1. The zero-order valence-electron chi connectivity index (χ0n) is 9.24. The van der Waals surface area contributed by atoms with E-state index in [4.69, 9.17) is 9.84 Å². The normalized spacial score (nSPS) is 10.2. The van der Waals surface area contributed by atoms with E-state index >= 15 is 0 Å². The van der Waals surface area contributed by atoms with Gasteiger partial charge >= 0.3 is 5.97 Å². The van der Waals surface area contributed by atoms with Gasteiger partial charge in [-0.2, -0.15) is 0 Å². The van der Waals surface area contributed by atoms with Gasteiger partial charge in [0.05, 0.1) is 17.9 Å². The summed E-state index contributed by atoms with van der Waals surface area (Å²) in [5.41, 5.74) is 1.22. The number of methoxy groups -OCH3 is 1. The van der Waals surface area contributed by atoms with Crippen LogP contribution >= 0.6 is 15.9 Å². The van der Waals surface area contributed by atoms with Crippen LogP contribution < -0.4 is 4.90 Å². The van der Waals surface area contributed by atoms with Crippen molar-refractivity contribution in [2.45, 2.75) is 0 Å². The Kier molecular flexibility index (Phi) is 4.76. The van der Waals surface area contributed by atoms with Crippen molar-refractivity contribution < 1.29 is 14.6 Å². The molecule has 0 radical (unpaired) electrons. The van der Waals surface area contributed by atoms with Gasteiger partial charge in [-0.25, -0.2) is 4.79 Å². The molecule has 0 fully saturated rings. The van der Waals surface area contributed by atoms with Gasteiger partial charge in [-0.15, -0.1) is 0 Å². The minimum absolute atomic E-state index is 0.274. The highest BCUT2D eigenvalue weighted by atomic mass is 79.9. The lowest BCUT2D eigenvalue weighted by atomic mass is 10.2. The Balaban J connectivity index is 2.85. The van der Waals surface area contributed by atoms with Crippen LogP contribution in [-0.2, 0) is 4.74 Å². The number of ether oxygens (including phenoxy) is 1. The Morgan fingerprint density at radius 2 is 2.25 bits per heavy atom. The largest absolute Gasteiger partial charge is 0.478 e. The van der Waals surface area contributed by atoms with Gasteiger partial charge in [-0.1, -0.05) is 0 Å². The van der Waals surface area contributed by atoms with E-state index in [-0.39, 0.29) is 5.56 Å². The van der Waals surface area contributed by atoms with Crippen molar-refractivity contribution in [1.29, 1.82) is 0 Å². The molecule has 0 unspecified atom stereocenters. The van der Waals surface area contributed by atoms with Crippen molar-refractivity contribution in [3.8, 4) is 0 Å². The Hall–Kier alpha value is -1.07. The van der Waals surface area contributed by atoms with Gasteiger partial charge < -0.3 is 14.7 Å². The zero-order valence-corrected chi connectivity index (χ0v) is 10.8. The fourth-order valence-electron chi connectivity index (χ4n) is 1.30. The third kappa shape index (κ3) is 3.21. The maximum absolute atomic E-state index is 10.8. The van der Waals surface area contributed by atoms with E-state index in [0.29, 0.717) is 6.61 Å². The number of halogens is 1. The first-order chi connectivity index (χ1) is 7.56. The van der Waals surface area contributed by atoms with Gasteiger partial charge in [0.25, 0.3) is 0 Å². The smallest absolute Gasteiger partial charge is 0.335 e. The van der Waals surface area contributed by atoms with Crippen molar-refractivity contribution in [2.24, 2.45) is 0 Å². The molecule has 16 heavy (non-hydrogen) atoms. The fraction of sp³-hybridized carbons (Fsp3) is 0.364. The number of anilines is 1. The van der Waals surface area contributed by atoms with E-state index in [1.54, 1.807) is 25.3 Å². The van der Waals surface area contributed by atoms with Crippen LogP contribution in [0.4, 0.5) is 5.69 Å². The van der Waals surface area contributed by atoms with Crippen LogP contribution in [0.3, 0.4) is 0 Å². The molecule has 0 heterocycles. The first-order valence-electron chi connectivity index (χ1n) is 4.79. The van der Waals surface area contributed by atoms with Gasteiger partial charge in [-0.3, -0.25) is 0 Å². The number of carboxylic acid groups (broad SMARTS) is 1. The van der Waals surface area contributed by atoms with Gasteiger partial charge in [0, 0.05) is 25.2 Å². The van der Waals surface area contributed by atoms with E-state index < -0.39 is 5.97 Å². The Morgan fingerprint density at radius 1 is 1.56 bits per heavy atom. The van der Waals surface area contributed by atoms with Crippen molar-refractivity contribution in [1.82, 2.24) is 0 Å². The molecule has 1 N–H and O–H groups in total. The van der Waals surface area contributed by atoms with Crippen LogP contribution in [0.2, 0.25) is 0 Å². The average Bonchev–Trinajstić information content (AvgIpc) is 2.25. The van der Waals surface area contributed by atoms with Crippen LogP contribution in [0.15, 0.2) is 22.7 Å². The van der Waals surface area contributed by atoms with Gasteiger partial charge in [-0.05, 0) is 34.1 Å². The Labute approximate surface area is 103 Å².